The Bertz CT molecular complexity index is 152. The predicted molar refractivity (Wildman–Crippen MR) is 35.7 cm³/mol. The molecule has 5 heteroatoms. The number of unbranched alkanes of at least 4 members (excludes halogenated alkanes) is 1. The first kappa shape index (κ1) is 13.1. The molecule has 0 radical (unpaired) electrons. The summed E-state index contributed by atoms with van der Waals surface area (Å²) < 4.78 is 25.0. The van der Waals surface area contributed by atoms with Crippen molar-refractivity contribution >= 4 is 10.1 Å². The molecule has 0 unspecified atom stereocenters. The van der Waals surface area contributed by atoms with Crippen molar-refractivity contribution in [2.75, 3.05) is 12.9 Å². The number of rotatable bonds is 4. The second-order valence-electron chi connectivity index (χ2n) is 1.88. The third-order valence-electron chi connectivity index (χ3n) is 0.795. The largest absolute Gasteiger partial charge is 0.270 e. The van der Waals surface area contributed by atoms with E-state index in [1.165, 1.54) is 0 Å². The van der Waals surface area contributed by atoms with Crippen LogP contribution in [-0.2, 0) is 31.4 Å². The van der Waals surface area contributed by atoms with Crippen LogP contribution in [0.3, 0.4) is 0 Å². The zero-order chi connectivity index (χ0) is 7.33. The van der Waals surface area contributed by atoms with Gasteiger partial charge in [0, 0.05) is 17.1 Å². The summed E-state index contributed by atoms with van der Waals surface area (Å²) in [7, 11) is -3.20. The van der Waals surface area contributed by atoms with Gasteiger partial charge in [0.25, 0.3) is 10.1 Å². The maximum atomic E-state index is 10.3. The fourth-order valence-electron chi connectivity index (χ4n) is 0.355. The Balaban J connectivity index is 0. The van der Waals surface area contributed by atoms with Crippen molar-refractivity contribution in [3.8, 4) is 0 Å². The van der Waals surface area contributed by atoms with Crippen LogP contribution in [0.15, 0.2) is 0 Å². The Morgan fingerprint density at radius 3 is 2.20 bits per heavy atom. The van der Waals surface area contributed by atoms with E-state index >= 15 is 0 Å². The molecule has 0 fully saturated rings. The molecule has 0 aliphatic heterocycles. The van der Waals surface area contributed by atoms with Gasteiger partial charge in [0.1, 0.15) is 0 Å². The molecule has 64 valence electrons. The fraction of sp³-hybridized carbons (Fsp3) is 1.00. The summed E-state index contributed by atoms with van der Waals surface area (Å²) in [6.45, 7) is 2.29. The van der Waals surface area contributed by atoms with Crippen molar-refractivity contribution in [2.24, 2.45) is 0 Å². The molecule has 0 heterocycles. The van der Waals surface area contributed by atoms with Gasteiger partial charge in [0.05, 0.1) is 12.9 Å². The minimum Gasteiger partial charge on any atom is -0.270 e. The number of hydrogen-bond donors (Lipinski definition) is 0. The van der Waals surface area contributed by atoms with Gasteiger partial charge in [0.2, 0.25) is 0 Å². The third kappa shape index (κ3) is 11.3. The standard InChI is InChI=1S/C5H12O3S.Fe/c1-3-4-5-8-9(2,6)7;/h3-5H2,1-2H3;. The van der Waals surface area contributed by atoms with Gasteiger partial charge in [-0.25, -0.2) is 0 Å². The maximum absolute atomic E-state index is 10.3. The second-order valence-corrected chi connectivity index (χ2v) is 3.52. The molecule has 0 aromatic carbocycles. The van der Waals surface area contributed by atoms with Crippen molar-refractivity contribution < 1.29 is 29.7 Å². The molecule has 0 amide bonds. The van der Waals surface area contributed by atoms with Gasteiger partial charge in [-0.1, -0.05) is 13.3 Å². The normalized spacial score (nSPS) is 10.6. The van der Waals surface area contributed by atoms with E-state index in [2.05, 4.69) is 4.18 Å². The average Bonchev–Trinajstić information content (AvgIpc) is 1.63. The topological polar surface area (TPSA) is 43.4 Å². The quantitative estimate of drug-likeness (QED) is 0.389. The van der Waals surface area contributed by atoms with E-state index in [-0.39, 0.29) is 17.1 Å². The first-order valence-corrected chi connectivity index (χ1v) is 4.72. The summed E-state index contributed by atoms with van der Waals surface area (Å²) in [5, 5.41) is 0. The van der Waals surface area contributed by atoms with Crippen molar-refractivity contribution in [1.82, 2.24) is 0 Å². The smallest absolute Gasteiger partial charge is 0.264 e. The molecule has 3 nitrogen and oxygen atoms in total. The first-order chi connectivity index (χ1) is 4.06. The Kier molecular flexibility index (Phi) is 8.04. The molecule has 0 saturated heterocycles. The van der Waals surface area contributed by atoms with Gasteiger partial charge in [-0.3, -0.25) is 4.18 Å². The van der Waals surface area contributed by atoms with Gasteiger partial charge >= 0.3 is 0 Å². The van der Waals surface area contributed by atoms with E-state index < -0.39 is 10.1 Å². The van der Waals surface area contributed by atoms with Crippen LogP contribution in [0.5, 0.6) is 0 Å². The summed E-state index contributed by atoms with van der Waals surface area (Å²) in [6.07, 6.45) is 2.81. The minimum absolute atomic E-state index is 0. The molecular weight excluding hydrogens is 196 g/mol. The van der Waals surface area contributed by atoms with E-state index in [1.54, 1.807) is 0 Å². The van der Waals surface area contributed by atoms with Gasteiger partial charge in [0.15, 0.2) is 0 Å². The summed E-state index contributed by atoms with van der Waals surface area (Å²) in [5.41, 5.74) is 0. The van der Waals surface area contributed by atoms with E-state index in [9.17, 15) is 8.42 Å². The van der Waals surface area contributed by atoms with Crippen LogP contribution in [0.25, 0.3) is 0 Å². The van der Waals surface area contributed by atoms with Gasteiger partial charge in [-0.05, 0) is 6.42 Å². The van der Waals surface area contributed by atoms with Gasteiger partial charge in [-0.2, -0.15) is 8.42 Å². The van der Waals surface area contributed by atoms with Crippen LogP contribution in [0.4, 0.5) is 0 Å². The fourth-order valence-corrected chi connectivity index (χ4v) is 0.775. The molecule has 0 spiro atoms. The van der Waals surface area contributed by atoms with Crippen molar-refractivity contribution in [2.45, 2.75) is 19.8 Å². The molecule has 0 atom stereocenters. The van der Waals surface area contributed by atoms with Crippen molar-refractivity contribution in [3.63, 3.8) is 0 Å². The molecular formula is C5H12FeO3S. The second kappa shape index (κ2) is 6.16. The average molecular weight is 208 g/mol. The third-order valence-corrected chi connectivity index (χ3v) is 1.39. The van der Waals surface area contributed by atoms with E-state index in [0.717, 1.165) is 19.1 Å². The van der Waals surface area contributed by atoms with E-state index in [4.69, 9.17) is 0 Å². The molecule has 0 N–H and O–H groups in total. The van der Waals surface area contributed by atoms with Crippen LogP contribution >= 0.6 is 0 Å². The summed E-state index contributed by atoms with van der Waals surface area (Å²) in [6, 6.07) is 0. The molecule has 0 aromatic rings. The molecule has 0 aromatic heterocycles. The van der Waals surface area contributed by atoms with Crippen molar-refractivity contribution in [1.29, 1.82) is 0 Å². The van der Waals surface area contributed by atoms with Gasteiger partial charge < -0.3 is 0 Å². The molecule has 10 heavy (non-hydrogen) atoms. The molecule has 0 aliphatic rings. The summed E-state index contributed by atoms with van der Waals surface area (Å²) in [5.74, 6) is 0. The molecule has 0 bridgehead atoms. The van der Waals surface area contributed by atoms with Crippen LogP contribution in [-0.4, -0.2) is 21.3 Å². The van der Waals surface area contributed by atoms with E-state index in [0.29, 0.717) is 6.61 Å². The Morgan fingerprint density at radius 1 is 1.40 bits per heavy atom. The monoisotopic (exact) mass is 208 g/mol. The van der Waals surface area contributed by atoms with Crippen LogP contribution in [0.2, 0.25) is 0 Å². The first-order valence-electron chi connectivity index (χ1n) is 2.90. The van der Waals surface area contributed by atoms with Crippen molar-refractivity contribution in [3.05, 3.63) is 0 Å². The van der Waals surface area contributed by atoms with Crippen LogP contribution in [0, 0.1) is 0 Å². The Hall–Kier alpha value is 0.429. The number of hydrogen-bond acceptors (Lipinski definition) is 3. The zero-order valence-corrected chi connectivity index (χ0v) is 8.03. The Morgan fingerprint density at radius 2 is 1.90 bits per heavy atom. The van der Waals surface area contributed by atoms with Gasteiger partial charge in [-0.15, -0.1) is 0 Å². The SMILES string of the molecule is CCCCOS(C)(=O)=O.[Fe]. The van der Waals surface area contributed by atoms with E-state index in [1.807, 2.05) is 6.92 Å². The maximum Gasteiger partial charge on any atom is 0.264 e. The van der Waals surface area contributed by atoms with Crippen LogP contribution in [0.1, 0.15) is 19.8 Å². The minimum atomic E-state index is -3.20. The zero-order valence-electron chi connectivity index (χ0n) is 6.11. The Labute approximate surface area is 72.7 Å². The summed E-state index contributed by atoms with van der Waals surface area (Å²) in [4.78, 5) is 0. The molecule has 0 rings (SSSR count). The predicted octanol–water partition coefficient (Wildman–Crippen LogP) is 0.760. The molecule has 0 aliphatic carbocycles. The molecule has 0 saturated carbocycles. The van der Waals surface area contributed by atoms with Crippen LogP contribution < -0.4 is 0 Å². The summed E-state index contributed by atoms with van der Waals surface area (Å²) >= 11 is 0.